The van der Waals surface area contributed by atoms with Crippen molar-refractivity contribution in [1.82, 2.24) is 4.98 Å². The van der Waals surface area contributed by atoms with E-state index in [2.05, 4.69) is 17.5 Å². The summed E-state index contributed by atoms with van der Waals surface area (Å²) in [5, 5.41) is 3.31. The Labute approximate surface area is 123 Å². The third-order valence-electron chi connectivity index (χ3n) is 4.02. The van der Waals surface area contributed by atoms with Crippen molar-refractivity contribution >= 4 is 17.0 Å². The number of hydrogen-bond acceptors (Lipinski definition) is 4. The summed E-state index contributed by atoms with van der Waals surface area (Å²) in [6.07, 6.45) is 3.91. The maximum Gasteiger partial charge on any atom is 0.101 e. The summed E-state index contributed by atoms with van der Waals surface area (Å²) >= 11 is 1.74. The van der Waals surface area contributed by atoms with Gasteiger partial charge in [0.1, 0.15) is 5.01 Å². The number of rotatable bonds is 5. The van der Waals surface area contributed by atoms with Crippen LogP contribution >= 0.6 is 11.3 Å². The van der Waals surface area contributed by atoms with E-state index in [0.717, 1.165) is 11.4 Å². The van der Waals surface area contributed by atoms with Crippen molar-refractivity contribution in [3.8, 4) is 0 Å². The Hall–Kier alpha value is -1.39. The molecule has 1 aromatic carbocycles. The molecule has 106 valence electrons. The molecule has 2 N–H and O–H groups in total. The summed E-state index contributed by atoms with van der Waals surface area (Å²) < 4.78 is 5.17. The number of ether oxygens (including phenoxy) is 1. The van der Waals surface area contributed by atoms with E-state index in [1.54, 1.807) is 18.4 Å². The number of methoxy groups -OCH3 is 1. The first kappa shape index (κ1) is 13.6. The Morgan fingerprint density at radius 1 is 1.45 bits per heavy atom. The SMILES string of the molecule is COCc1csc(C(c2cccc(N)c2)C2CCC2)n1. The molecule has 0 bridgehead atoms. The van der Waals surface area contributed by atoms with Crippen LogP contribution in [0.1, 0.15) is 41.4 Å². The van der Waals surface area contributed by atoms with Crippen molar-refractivity contribution < 1.29 is 4.74 Å². The normalized spacial score (nSPS) is 16.9. The second kappa shape index (κ2) is 5.94. The Kier molecular flexibility index (Phi) is 4.03. The first-order valence-corrected chi connectivity index (χ1v) is 7.94. The number of thiazole rings is 1. The minimum Gasteiger partial charge on any atom is -0.399 e. The highest BCUT2D eigenvalue weighted by Crippen LogP contribution is 2.44. The van der Waals surface area contributed by atoms with Gasteiger partial charge in [-0.25, -0.2) is 4.98 Å². The van der Waals surface area contributed by atoms with Gasteiger partial charge in [0.05, 0.1) is 12.3 Å². The number of hydrogen-bond donors (Lipinski definition) is 1. The fourth-order valence-electron chi connectivity index (χ4n) is 2.82. The first-order chi connectivity index (χ1) is 9.78. The molecule has 1 saturated carbocycles. The van der Waals surface area contributed by atoms with E-state index in [1.165, 1.54) is 29.8 Å². The molecule has 20 heavy (non-hydrogen) atoms. The Morgan fingerprint density at radius 3 is 2.95 bits per heavy atom. The van der Waals surface area contributed by atoms with Crippen LogP contribution in [-0.4, -0.2) is 12.1 Å². The van der Waals surface area contributed by atoms with Crippen molar-refractivity contribution in [3.63, 3.8) is 0 Å². The first-order valence-electron chi connectivity index (χ1n) is 7.06. The lowest BCUT2D eigenvalue weighted by Gasteiger charge is -2.33. The fourth-order valence-corrected chi connectivity index (χ4v) is 3.84. The molecule has 0 aliphatic heterocycles. The molecule has 1 heterocycles. The third-order valence-corrected chi connectivity index (χ3v) is 5.00. The average Bonchev–Trinajstić information content (AvgIpc) is 2.82. The van der Waals surface area contributed by atoms with Crippen LogP contribution in [0.3, 0.4) is 0 Å². The quantitative estimate of drug-likeness (QED) is 0.851. The number of nitrogens with two attached hydrogens (primary N) is 1. The van der Waals surface area contributed by atoms with Gasteiger partial charge < -0.3 is 10.5 Å². The number of nitrogen functional groups attached to an aromatic ring is 1. The molecule has 1 fully saturated rings. The molecule has 4 heteroatoms. The molecular formula is C16H20N2OS. The molecule has 2 aromatic rings. The van der Waals surface area contributed by atoms with Crippen LogP contribution in [0, 0.1) is 5.92 Å². The summed E-state index contributed by atoms with van der Waals surface area (Å²) in [6, 6.07) is 8.26. The number of aromatic nitrogens is 1. The lowest BCUT2D eigenvalue weighted by atomic mass is 9.73. The topological polar surface area (TPSA) is 48.1 Å². The Morgan fingerprint density at radius 2 is 2.30 bits per heavy atom. The number of benzene rings is 1. The minimum absolute atomic E-state index is 0.392. The van der Waals surface area contributed by atoms with Crippen LogP contribution in [-0.2, 0) is 11.3 Å². The van der Waals surface area contributed by atoms with Crippen LogP contribution in [0.25, 0.3) is 0 Å². The van der Waals surface area contributed by atoms with Crippen molar-refractivity contribution in [3.05, 3.63) is 45.9 Å². The Bertz CT molecular complexity index is 577. The molecule has 3 rings (SSSR count). The molecular weight excluding hydrogens is 268 g/mol. The van der Waals surface area contributed by atoms with Crippen LogP contribution in [0.5, 0.6) is 0 Å². The van der Waals surface area contributed by atoms with E-state index < -0.39 is 0 Å². The maximum absolute atomic E-state index is 5.95. The zero-order valence-corrected chi connectivity index (χ0v) is 12.5. The van der Waals surface area contributed by atoms with Crippen LogP contribution in [0.2, 0.25) is 0 Å². The maximum atomic E-state index is 5.95. The zero-order chi connectivity index (χ0) is 13.9. The predicted octanol–water partition coefficient (Wildman–Crippen LogP) is 3.80. The average molecular weight is 288 g/mol. The van der Waals surface area contributed by atoms with Gasteiger partial charge in [0.25, 0.3) is 0 Å². The van der Waals surface area contributed by atoms with Crippen molar-refractivity contribution in [2.45, 2.75) is 31.8 Å². The molecule has 0 saturated heterocycles. The second-order valence-electron chi connectivity index (χ2n) is 5.45. The highest BCUT2D eigenvalue weighted by atomic mass is 32.1. The highest BCUT2D eigenvalue weighted by molar-refractivity contribution is 7.09. The molecule has 1 atom stereocenters. The fraction of sp³-hybridized carbons (Fsp3) is 0.438. The monoisotopic (exact) mass is 288 g/mol. The number of nitrogens with zero attached hydrogens (tertiary/aromatic N) is 1. The van der Waals surface area contributed by atoms with E-state index in [9.17, 15) is 0 Å². The Balaban J connectivity index is 1.92. The van der Waals surface area contributed by atoms with E-state index in [4.69, 9.17) is 15.5 Å². The molecule has 1 aliphatic rings. The lowest BCUT2D eigenvalue weighted by Crippen LogP contribution is -2.21. The molecule has 0 radical (unpaired) electrons. The van der Waals surface area contributed by atoms with Gasteiger partial charge in [0.15, 0.2) is 0 Å². The van der Waals surface area contributed by atoms with Gasteiger partial charge in [-0.15, -0.1) is 11.3 Å². The van der Waals surface area contributed by atoms with E-state index in [0.29, 0.717) is 18.4 Å². The lowest BCUT2D eigenvalue weighted by molar-refractivity contribution is 0.181. The summed E-state index contributed by atoms with van der Waals surface area (Å²) in [4.78, 5) is 4.76. The second-order valence-corrected chi connectivity index (χ2v) is 6.34. The van der Waals surface area contributed by atoms with E-state index >= 15 is 0 Å². The van der Waals surface area contributed by atoms with Gasteiger partial charge >= 0.3 is 0 Å². The molecule has 1 aliphatic carbocycles. The summed E-state index contributed by atoms with van der Waals surface area (Å²) in [6.45, 7) is 0.588. The van der Waals surface area contributed by atoms with Gasteiger partial charge in [-0.2, -0.15) is 0 Å². The van der Waals surface area contributed by atoms with Gasteiger partial charge in [-0.05, 0) is 36.5 Å². The molecule has 0 amide bonds. The van der Waals surface area contributed by atoms with Crippen LogP contribution in [0.15, 0.2) is 29.6 Å². The standard InChI is InChI=1S/C16H20N2OS/c1-19-9-14-10-20-16(18-14)15(11-4-2-5-11)12-6-3-7-13(17)8-12/h3,6-8,10-11,15H,2,4-5,9,17H2,1H3. The van der Waals surface area contributed by atoms with Gasteiger partial charge in [-0.1, -0.05) is 18.6 Å². The summed E-state index contributed by atoms with van der Waals surface area (Å²) in [5.74, 6) is 1.10. The molecule has 0 spiro atoms. The van der Waals surface area contributed by atoms with E-state index in [-0.39, 0.29) is 0 Å². The summed E-state index contributed by atoms with van der Waals surface area (Å²) in [5.41, 5.74) is 9.11. The molecule has 1 unspecified atom stereocenters. The number of anilines is 1. The minimum atomic E-state index is 0.392. The smallest absolute Gasteiger partial charge is 0.101 e. The summed E-state index contributed by atoms with van der Waals surface area (Å²) in [7, 11) is 1.71. The van der Waals surface area contributed by atoms with Gasteiger partial charge in [-0.3, -0.25) is 0 Å². The van der Waals surface area contributed by atoms with Crippen molar-refractivity contribution in [2.24, 2.45) is 5.92 Å². The van der Waals surface area contributed by atoms with Crippen molar-refractivity contribution in [2.75, 3.05) is 12.8 Å². The van der Waals surface area contributed by atoms with Crippen LogP contribution < -0.4 is 5.73 Å². The van der Waals surface area contributed by atoms with Gasteiger partial charge in [0.2, 0.25) is 0 Å². The van der Waals surface area contributed by atoms with E-state index in [1.807, 2.05) is 12.1 Å². The molecule has 1 aromatic heterocycles. The predicted molar refractivity (Wildman–Crippen MR) is 82.9 cm³/mol. The van der Waals surface area contributed by atoms with Gasteiger partial charge in [0, 0.05) is 24.1 Å². The third kappa shape index (κ3) is 2.72. The van der Waals surface area contributed by atoms with Crippen molar-refractivity contribution in [1.29, 1.82) is 0 Å². The largest absolute Gasteiger partial charge is 0.399 e. The highest BCUT2D eigenvalue weighted by Gasteiger charge is 2.31. The van der Waals surface area contributed by atoms with Crippen LogP contribution in [0.4, 0.5) is 5.69 Å². The zero-order valence-electron chi connectivity index (χ0n) is 11.7. The molecule has 3 nitrogen and oxygen atoms in total.